The summed E-state index contributed by atoms with van der Waals surface area (Å²) in [5.41, 5.74) is 0. The molecule has 0 aliphatic heterocycles. The van der Waals surface area contributed by atoms with E-state index in [1.54, 1.807) is 13.8 Å². The van der Waals surface area contributed by atoms with E-state index in [2.05, 4.69) is 4.52 Å². The Labute approximate surface area is 77.0 Å². The van der Waals surface area contributed by atoms with Crippen molar-refractivity contribution in [2.24, 2.45) is 0 Å². The van der Waals surface area contributed by atoms with Crippen LogP contribution in [0.5, 0.6) is 0 Å². The molecule has 0 amide bonds. The fraction of sp³-hybridized carbons (Fsp3) is 1.00. The van der Waals surface area contributed by atoms with E-state index >= 15 is 0 Å². The average molecular weight is 163 g/mol. The zero-order valence-electron chi connectivity index (χ0n) is 6.22. The Bertz CT molecular complexity index is 111. The number of hydrogen-bond acceptors (Lipinski definition) is 2. The first kappa shape index (κ1) is 12.8. The van der Waals surface area contributed by atoms with Crippen molar-refractivity contribution in [2.75, 3.05) is 6.66 Å². The maximum absolute atomic E-state index is 12.0. The molecule has 51 valence electrons. The maximum atomic E-state index is 12.0. The van der Waals surface area contributed by atoms with Crippen molar-refractivity contribution in [3.63, 3.8) is 0 Å². The van der Waals surface area contributed by atoms with Crippen molar-refractivity contribution in [3.05, 3.63) is 0 Å². The molecular formula is C4H10FNaO2P. The molecule has 0 aromatic heterocycles. The summed E-state index contributed by atoms with van der Waals surface area (Å²) in [7, 11) is -3.72. The Hall–Kier alpha value is 1.12. The molecule has 1 unspecified atom stereocenters. The zero-order chi connectivity index (χ0) is 6.78. The number of halogens is 1. The molecule has 5 heteroatoms. The number of hydrogen-bond donors (Lipinski definition) is 0. The van der Waals surface area contributed by atoms with Gasteiger partial charge in [-0.15, -0.1) is 0 Å². The summed E-state index contributed by atoms with van der Waals surface area (Å²) in [6.07, 6.45) is -0.296. The SMILES string of the molecule is CC(C)OP(C)(=O)F.[Na]. The van der Waals surface area contributed by atoms with Crippen LogP contribution in [0.3, 0.4) is 0 Å². The van der Waals surface area contributed by atoms with E-state index in [0.717, 1.165) is 6.66 Å². The van der Waals surface area contributed by atoms with Crippen LogP contribution >= 0.6 is 7.68 Å². The van der Waals surface area contributed by atoms with Gasteiger partial charge < -0.3 is 4.52 Å². The predicted molar refractivity (Wildman–Crippen MR) is 36.6 cm³/mol. The molecule has 0 aromatic rings. The first-order valence-electron chi connectivity index (χ1n) is 2.37. The third kappa shape index (κ3) is 12.3. The van der Waals surface area contributed by atoms with Crippen molar-refractivity contribution < 1.29 is 13.3 Å². The second kappa shape index (κ2) is 4.86. The van der Waals surface area contributed by atoms with Crippen molar-refractivity contribution in [1.82, 2.24) is 0 Å². The molecule has 1 radical (unpaired) electrons. The Kier molecular flexibility index (Phi) is 6.90. The van der Waals surface area contributed by atoms with Gasteiger partial charge in [0.15, 0.2) is 0 Å². The minimum Gasteiger partial charge on any atom is -0.303 e. The van der Waals surface area contributed by atoms with E-state index < -0.39 is 7.68 Å². The molecule has 9 heavy (non-hydrogen) atoms. The van der Waals surface area contributed by atoms with E-state index in [1.807, 2.05) is 0 Å². The van der Waals surface area contributed by atoms with Gasteiger partial charge in [-0.3, -0.25) is 4.57 Å². The molecule has 0 spiro atoms. The van der Waals surface area contributed by atoms with Crippen molar-refractivity contribution in [3.8, 4) is 0 Å². The molecule has 0 rings (SSSR count). The second-order valence-corrected chi connectivity index (χ2v) is 3.61. The fourth-order valence-corrected chi connectivity index (χ4v) is 1.13. The summed E-state index contributed by atoms with van der Waals surface area (Å²) < 4.78 is 26.4. The topological polar surface area (TPSA) is 26.3 Å². The van der Waals surface area contributed by atoms with Gasteiger partial charge in [0.25, 0.3) is 0 Å². The van der Waals surface area contributed by atoms with Crippen LogP contribution in [0.2, 0.25) is 0 Å². The Morgan fingerprint density at radius 1 is 1.56 bits per heavy atom. The fourth-order valence-electron chi connectivity index (χ4n) is 0.377. The van der Waals surface area contributed by atoms with Crippen LogP contribution in [-0.4, -0.2) is 42.3 Å². The third-order valence-corrected chi connectivity index (χ3v) is 1.20. The molecule has 0 bridgehead atoms. The molecular weight excluding hydrogens is 153 g/mol. The Balaban J connectivity index is 0. The monoisotopic (exact) mass is 163 g/mol. The minimum atomic E-state index is -3.72. The molecule has 0 aliphatic carbocycles. The van der Waals surface area contributed by atoms with Gasteiger partial charge in [0.05, 0.1) is 6.10 Å². The minimum absolute atomic E-state index is 0. The van der Waals surface area contributed by atoms with Crippen molar-refractivity contribution >= 4 is 37.2 Å². The molecule has 0 aromatic carbocycles. The van der Waals surface area contributed by atoms with E-state index in [9.17, 15) is 8.76 Å². The van der Waals surface area contributed by atoms with E-state index in [-0.39, 0.29) is 35.7 Å². The van der Waals surface area contributed by atoms with Gasteiger partial charge >= 0.3 is 7.68 Å². The zero-order valence-corrected chi connectivity index (χ0v) is 9.11. The van der Waals surface area contributed by atoms with Crippen LogP contribution < -0.4 is 0 Å². The first-order chi connectivity index (χ1) is 3.42. The smallest absolute Gasteiger partial charge is 0.303 e. The summed E-state index contributed by atoms with van der Waals surface area (Å²) in [6, 6.07) is 0. The quantitative estimate of drug-likeness (QED) is 0.458. The van der Waals surface area contributed by atoms with Crippen molar-refractivity contribution in [1.29, 1.82) is 0 Å². The van der Waals surface area contributed by atoms with Crippen LogP contribution in [0.25, 0.3) is 0 Å². The third-order valence-electron chi connectivity index (χ3n) is 0.399. The Morgan fingerprint density at radius 2 is 1.89 bits per heavy atom. The van der Waals surface area contributed by atoms with Crippen LogP contribution in [0, 0.1) is 0 Å². The molecule has 1 atom stereocenters. The van der Waals surface area contributed by atoms with Gasteiger partial charge in [-0.2, -0.15) is 4.20 Å². The van der Waals surface area contributed by atoms with Gasteiger partial charge in [0, 0.05) is 36.2 Å². The molecule has 0 N–H and O–H groups in total. The van der Waals surface area contributed by atoms with E-state index in [0.29, 0.717) is 0 Å². The summed E-state index contributed by atoms with van der Waals surface area (Å²) >= 11 is 0. The normalized spacial score (nSPS) is 16.6. The standard InChI is InChI=1S/C4H10FO2P.Na/c1-4(2)7-8(3,5)6;/h4H,1-3H3;. The van der Waals surface area contributed by atoms with Gasteiger partial charge in [-0.25, -0.2) is 0 Å². The Morgan fingerprint density at radius 3 is 1.89 bits per heavy atom. The largest absolute Gasteiger partial charge is 0.364 e. The second-order valence-electron chi connectivity index (χ2n) is 1.90. The first-order valence-corrected chi connectivity index (χ1v) is 4.33. The van der Waals surface area contributed by atoms with E-state index in [4.69, 9.17) is 0 Å². The molecule has 0 heterocycles. The maximum Gasteiger partial charge on any atom is 0.364 e. The molecule has 2 nitrogen and oxygen atoms in total. The molecule has 0 fully saturated rings. The van der Waals surface area contributed by atoms with Crippen molar-refractivity contribution in [2.45, 2.75) is 20.0 Å². The number of rotatable bonds is 2. The summed E-state index contributed by atoms with van der Waals surface area (Å²) in [4.78, 5) is 0. The van der Waals surface area contributed by atoms with Gasteiger partial charge in [0.1, 0.15) is 0 Å². The van der Waals surface area contributed by atoms with Gasteiger partial charge in [-0.1, -0.05) is 0 Å². The summed E-state index contributed by atoms with van der Waals surface area (Å²) in [6.45, 7) is 4.22. The molecule has 0 saturated heterocycles. The molecule has 0 aliphatic rings. The van der Waals surface area contributed by atoms with Crippen LogP contribution in [0.15, 0.2) is 0 Å². The van der Waals surface area contributed by atoms with Gasteiger partial charge in [0.2, 0.25) is 0 Å². The predicted octanol–water partition coefficient (Wildman–Crippen LogP) is 1.82. The summed E-state index contributed by atoms with van der Waals surface area (Å²) in [5, 5.41) is 0. The van der Waals surface area contributed by atoms with Crippen LogP contribution in [-0.2, 0) is 9.09 Å². The van der Waals surface area contributed by atoms with Crippen LogP contribution in [0.1, 0.15) is 13.8 Å². The average Bonchev–Trinajstić information content (AvgIpc) is 1.21. The molecule has 0 saturated carbocycles. The van der Waals surface area contributed by atoms with Crippen LogP contribution in [0.4, 0.5) is 4.20 Å². The van der Waals surface area contributed by atoms with E-state index in [1.165, 1.54) is 0 Å². The van der Waals surface area contributed by atoms with Gasteiger partial charge in [-0.05, 0) is 13.8 Å². The summed E-state index contributed by atoms with van der Waals surface area (Å²) in [5.74, 6) is 0.